The van der Waals surface area contributed by atoms with E-state index in [9.17, 15) is 18.0 Å². The number of nitrogens with zero attached hydrogens (tertiary/aromatic N) is 2. The zero-order valence-electron chi connectivity index (χ0n) is 17.8. The van der Waals surface area contributed by atoms with Crippen molar-refractivity contribution < 1.29 is 17.9 Å². The summed E-state index contributed by atoms with van der Waals surface area (Å²) in [4.78, 5) is 38.4. The third kappa shape index (κ3) is 4.57. The van der Waals surface area contributed by atoms with Gasteiger partial charge in [0.1, 0.15) is 10.3 Å². The number of carbonyl (C=O) groups excluding carboxylic acids is 1. The molecule has 0 unspecified atom stereocenters. The van der Waals surface area contributed by atoms with Crippen LogP contribution in [0.2, 0.25) is 0 Å². The van der Waals surface area contributed by atoms with Crippen LogP contribution in [0.15, 0.2) is 40.3 Å². The topological polar surface area (TPSA) is 131 Å². The molecular formula is C22H24N4O5S2. The second-order valence-electron chi connectivity index (χ2n) is 8.51. The second-order valence-corrected chi connectivity index (χ2v) is 11.7. The molecule has 5 rings (SSSR count). The van der Waals surface area contributed by atoms with Gasteiger partial charge in [-0.2, -0.15) is 0 Å². The molecule has 9 nitrogen and oxygen atoms in total. The fourth-order valence-corrected chi connectivity index (χ4v) is 7.02. The molecule has 1 amide bonds. The fourth-order valence-electron chi connectivity index (χ4n) is 4.30. The normalized spacial score (nSPS) is 18.3. The maximum Gasteiger partial charge on any atom is 0.253 e. The number of thiazole rings is 1. The zero-order chi connectivity index (χ0) is 23.0. The first-order valence-corrected chi connectivity index (χ1v) is 13.4. The molecule has 0 aromatic carbocycles. The summed E-state index contributed by atoms with van der Waals surface area (Å²) in [7, 11) is -3.68. The Morgan fingerprint density at radius 3 is 2.76 bits per heavy atom. The summed E-state index contributed by atoms with van der Waals surface area (Å²) in [6.07, 6.45) is 6.00. The van der Waals surface area contributed by atoms with Gasteiger partial charge >= 0.3 is 0 Å². The van der Waals surface area contributed by atoms with Gasteiger partial charge in [0.05, 0.1) is 16.1 Å². The van der Waals surface area contributed by atoms with E-state index in [1.165, 1.54) is 23.6 Å². The van der Waals surface area contributed by atoms with Crippen molar-refractivity contribution in [2.75, 3.05) is 18.5 Å². The van der Waals surface area contributed by atoms with Crippen LogP contribution in [0.5, 0.6) is 0 Å². The van der Waals surface area contributed by atoms with Crippen LogP contribution < -0.4 is 10.9 Å². The Kier molecular flexibility index (Phi) is 6.02. The van der Waals surface area contributed by atoms with Gasteiger partial charge in [-0.25, -0.2) is 18.4 Å². The lowest BCUT2D eigenvalue weighted by molar-refractivity contribution is -0.118. The molecular weight excluding hydrogens is 464 g/mol. The Balaban J connectivity index is 1.53. The highest BCUT2D eigenvalue weighted by atomic mass is 32.2. The van der Waals surface area contributed by atoms with Crippen LogP contribution in [-0.2, 0) is 19.4 Å². The van der Waals surface area contributed by atoms with Crippen molar-refractivity contribution in [3.63, 3.8) is 0 Å². The molecule has 0 bridgehead atoms. The third-order valence-corrected chi connectivity index (χ3v) is 9.41. The molecule has 3 aromatic rings. The maximum absolute atomic E-state index is 13.5. The number of fused-ring (bicyclic) bond motifs is 1. The smallest absolute Gasteiger partial charge is 0.253 e. The molecule has 3 aromatic heterocycles. The number of pyridine rings is 2. The van der Waals surface area contributed by atoms with Gasteiger partial charge in [0.2, 0.25) is 5.91 Å². The van der Waals surface area contributed by atoms with E-state index in [-0.39, 0.29) is 16.4 Å². The summed E-state index contributed by atoms with van der Waals surface area (Å²) in [6.45, 7) is 1.17. The summed E-state index contributed by atoms with van der Waals surface area (Å²) >= 11 is 1.23. The second kappa shape index (κ2) is 8.96. The number of rotatable bonds is 7. The molecule has 1 atom stereocenters. The van der Waals surface area contributed by atoms with Gasteiger partial charge < -0.3 is 15.0 Å². The van der Waals surface area contributed by atoms with Crippen LogP contribution in [0.4, 0.5) is 5.13 Å². The van der Waals surface area contributed by atoms with Crippen LogP contribution in [-0.4, -0.2) is 47.7 Å². The monoisotopic (exact) mass is 488 g/mol. The highest BCUT2D eigenvalue weighted by molar-refractivity contribution is 7.92. The Labute approximate surface area is 194 Å². The molecule has 2 aliphatic rings. The molecule has 0 spiro atoms. The molecule has 0 radical (unpaired) electrons. The SMILES string of the molecule is O=C(Nc1nc2cccnc2s1)[C@@H](CC1CCOCC1)c1c(S(=O)(=O)C2CC2)cc[nH]c1=O. The van der Waals surface area contributed by atoms with Crippen molar-refractivity contribution in [1.82, 2.24) is 15.0 Å². The molecule has 2 N–H and O–H groups in total. The number of anilines is 1. The number of ether oxygens (including phenoxy) is 1. The summed E-state index contributed by atoms with van der Waals surface area (Å²) in [6, 6.07) is 4.98. The van der Waals surface area contributed by atoms with Gasteiger partial charge in [0.25, 0.3) is 5.56 Å². The number of hydrogen-bond acceptors (Lipinski definition) is 8. The van der Waals surface area contributed by atoms with E-state index in [2.05, 4.69) is 20.3 Å². The molecule has 174 valence electrons. The highest BCUT2D eigenvalue weighted by Gasteiger charge is 2.41. The summed E-state index contributed by atoms with van der Waals surface area (Å²) in [5.41, 5.74) is 0.135. The predicted molar refractivity (Wildman–Crippen MR) is 124 cm³/mol. The van der Waals surface area contributed by atoms with Crippen molar-refractivity contribution in [2.24, 2.45) is 5.92 Å². The first kappa shape index (κ1) is 22.2. The summed E-state index contributed by atoms with van der Waals surface area (Å²) in [5, 5.41) is 2.70. The molecule has 1 saturated carbocycles. The predicted octanol–water partition coefficient (Wildman–Crippen LogP) is 2.85. The lowest BCUT2D eigenvalue weighted by Crippen LogP contribution is -2.32. The van der Waals surface area contributed by atoms with Crippen molar-refractivity contribution in [2.45, 2.75) is 48.2 Å². The first-order chi connectivity index (χ1) is 15.9. The van der Waals surface area contributed by atoms with Crippen LogP contribution in [0, 0.1) is 5.92 Å². The lowest BCUT2D eigenvalue weighted by atomic mass is 9.85. The van der Waals surface area contributed by atoms with Crippen molar-refractivity contribution in [3.05, 3.63) is 46.5 Å². The average Bonchev–Trinajstić information content (AvgIpc) is 3.59. The number of H-pyrrole nitrogens is 1. The summed E-state index contributed by atoms with van der Waals surface area (Å²) in [5.74, 6) is -1.23. The Hall–Kier alpha value is -2.63. The molecule has 33 heavy (non-hydrogen) atoms. The Morgan fingerprint density at radius 2 is 2.03 bits per heavy atom. The highest BCUT2D eigenvalue weighted by Crippen LogP contribution is 2.38. The van der Waals surface area contributed by atoms with Crippen LogP contribution >= 0.6 is 11.3 Å². The Morgan fingerprint density at radius 1 is 1.24 bits per heavy atom. The molecule has 2 fully saturated rings. The van der Waals surface area contributed by atoms with Gasteiger partial charge in [-0.1, -0.05) is 11.3 Å². The van der Waals surface area contributed by atoms with Gasteiger partial charge in [0, 0.05) is 31.2 Å². The van der Waals surface area contributed by atoms with Crippen LogP contribution in [0.1, 0.15) is 43.6 Å². The number of hydrogen-bond donors (Lipinski definition) is 2. The van der Waals surface area contributed by atoms with E-state index in [0.29, 0.717) is 48.0 Å². The first-order valence-electron chi connectivity index (χ1n) is 11.0. The number of aromatic amines is 1. The number of aromatic nitrogens is 3. The Bertz CT molecular complexity index is 1310. The maximum atomic E-state index is 13.5. The fraction of sp³-hybridized carbons (Fsp3) is 0.455. The number of amides is 1. The lowest BCUT2D eigenvalue weighted by Gasteiger charge is -2.26. The van der Waals surface area contributed by atoms with E-state index in [1.54, 1.807) is 18.3 Å². The number of sulfone groups is 1. The average molecular weight is 489 g/mol. The van der Waals surface area contributed by atoms with Crippen molar-refractivity contribution in [3.8, 4) is 0 Å². The van der Waals surface area contributed by atoms with E-state index in [0.717, 1.165) is 12.8 Å². The molecule has 1 saturated heterocycles. The standard InChI is InChI=1S/C22H24N4O5S2/c27-19(26-22-25-16-2-1-8-24-21(16)32-22)15(12-13-6-10-31-11-7-13)18-17(5-9-23-20(18)28)33(29,30)14-3-4-14/h1-2,5,8-9,13-15H,3-4,6-7,10-12H2,(H,23,28)(H,25,26,27)/t15-/m0/s1. The van der Waals surface area contributed by atoms with Gasteiger partial charge in [0.15, 0.2) is 15.0 Å². The van der Waals surface area contributed by atoms with Crippen molar-refractivity contribution >= 4 is 42.6 Å². The molecule has 1 aliphatic heterocycles. The van der Waals surface area contributed by atoms with Gasteiger partial charge in [-0.3, -0.25) is 9.59 Å². The molecule has 1 aliphatic carbocycles. The summed E-state index contributed by atoms with van der Waals surface area (Å²) < 4.78 is 31.7. The van der Waals surface area contributed by atoms with Gasteiger partial charge in [-0.15, -0.1) is 0 Å². The van der Waals surface area contributed by atoms with E-state index in [4.69, 9.17) is 4.74 Å². The largest absolute Gasteiger partial charge is 0.381 e. The van der Waals surface area contributed by atoms with E-state index in [1.807, 2.05) is 0 Å². The van der Waals surface area contributed by atoms with Crippen LogP contribution in [0.25, 0.3) is 10.3 Å². The van der Waals surface area contributed by atoms with Crippen LogP contribution in [0.3, 0.4) is 0 Å². The molecule has 4 heterocycles. The zero-order valence-corrected chi connectivity index (χ0v) is 19.5. The van der Waals surface area contributed by atoms with E-state index < -0.39 is 32.5 Å². The van der Waals surface area contributed by atoms with Gasteiger partial charge in [-0.05, 0) is 56.2 Å². The molecule has 11 heteroatoms. The minimum atomic E-state index is -3.68. The van der Waals surface area contributed by atoms with E-state index >= 15 is 0 Å². The minimum absolute atomic E-state index is 0.0210. The quantitative estimate of drug-likeness (QED) is 0.523. The minimum Gasteiger partial charge on any atom is -0.381 e. The number of carbonyl (C=O) groups is 1. The number of nitrogens with one attached hydrogen (secondary N) is 2. The van der Waals surface area contributed by atoms with Crippen molar-refractivity contribution in [1.29, 1.82) is 0 Å². The third-order valence-electron chi connectivity index (χ3n) is 6.20.